The van der Waals surface area contributed by atoms with Gasteiger partial charge in [-0.3, -0.25) is 5.43 Å². The molecular weight excluding hydrogens is 280 g/mol. The van der Waals surface area contributed by atoms with E-state index in [4.69, 9.17) is 12.2 Å². The number of hydrogen-bond donors (Lipinski definition) is 2. The molecule has 0 heterocycles. The molecular formula is C14H17F2N3S. The van der Waals surface area contributed by atoms with Crippen molar-refractivity contribution in [2.75, 3.05) is 0 Å². The molecule has 0 saturated heterocycles. The number of thiocarbonyl (C=S) groups is 1. The number of halogens is 2. The zero-order chi connectivity index (χ0) is 14.4. The summed E-state index contributed by atoms with van der Waals surface area (Å²) in [5.41, 5.74) is 2.86. The van der Waals surface area contributed by atoms with Crippen molar-refractivity contribution in [3.8, 4) is 0 Å². The predicted octanol–water partition coefficient (Wildman–Crippen LogP) is 3.10. The van der Waals surface area contributed by atoms with Gasteiger partial charge in [0.1, 0.15) is 11.6 Å². The van der Waals surface area contributed by atoms with Gasteiger partial charge in [-0.1, -0.05) is 19.3 Å². The fraction of sp³-hybridized carbons (Fsp3) is 0.429. The topological polar surface area (TPSA) is 36.4 Å². The predicted molar refractivity (Wildman–Crippen MR) is 79.7 cm³/mol. The minimum atomic E-state index is -0.651. The van der Waals surface area contributed by atoms with Crippen LogP contribution in [-0.2, 0) is 0 Å². The highest BCUT2D eigenvalue weighted by molar-refractivity contribution is 7.80. The molecule has 0 spiro atoms. The Balaban J connectivity index is 1.81. The van der Waals surface area contributed by atoms with E-state index >= 15 is 0 Å². The van der Waals surface area contributed by atoms with E-state index in [0.29, 0.717) is 11.2 Å². The first-order valence-corrected chi connectivity index (χ1v) is 7.10. The lowest BCUT2D eigenvalue weighted by Gasteiger charge is -2.23. The van der Waals surface area contributed by atoms with Crippen molar-refractivity contribution < 1.29 is 8.78 Å². The van der Waals surface area contributed by atoms with Gasteiger partial charge in [0.25, 0.3) is 0 Å². The van der Waals surface area contributed by atoms with Crippen LogP contribution in [0, 0.1) is 11.6 Å². The van der Waals surface area contributed by atoms with E-state index in [1.54, 1.807) is 0 Å². The van der Waals surface area contributed by atoms with Crippen LogP contribution in [0.2, 0.25) is 0 Å². The van der Waals surface area contributed by atoms with E-state index in [9.17, 15) is 8.78 Å². The van der Waals surface area contributed by atoms with Crippen molar-refractivity contribution in [1.29, 1.82) is 0 Å². The Hall–Kier alpha value is -1.56. The summed E-state index contributed by atoms with van der Waals surface area (Å²) in [6.07, 6.45) is 7.20. The highest BCUT2D eigenvalue weighted by atomic mass is 32.1. The number of nitrogens with zero attached hydrogens (tertiary/aromatic N) is 1. The van der Waals surface area contributed by atoms with E-state index < -0.39 is 11.6 Å². The maximum absolute atomic E-state index is 13.3. The van der Waals surface area contributed by atoms with Gasteiger partial charge in [-0.15, -0.1) is 0 Å². The average molecular weight is 297 g/mol. The monoisotopic (exact) mass is 297 g/mol. The van der Waals surface area contributed by atoms with Gasteiger partial charge in [-0.2, -0.15) is 5.10 Å². The molecule has 6 heteroatoms. The molecule has 20 heavy (non-hydrogen) atoms. The van der Waals surface area contributed by atoms with E-state index in [-0.39, 0.29) is 5.56 Å². The molecule has 0 bridgehead atoms. The summed E-state index contributed by atoms with van der Waals surface area (Å²) in [4.78, 5) is 0. The van der Waals surface area contributed by atoms with Crippen LogP contribution < -0.4 is 10.7 Å². The van der Waals surface area contributed by atoms with E-state index in [1.807, 2.05) is 0 Å². The normalized spacial score (nSPS) is 16.3. The van der Waals surface area contributed by atoms with Crippen LogP contribution in [0.15, 0.2) is 23.3 Å². The molecule has 1 aliphatic carbocycles. The third kappa shape index (κ3) is 4.52. The molecule has 2 rings (SSSR count). The molecule has 2 N–H and O–H groups in total. The van der Waals surface area contributed by atoms with Crippen molar-refractivity contribution in [3.63, 3.8) is 0 Å². The Bertz CT molecular complexity index is 499. The Kier molecular flexibility index (Phi) is 5.40. The van der Waals surface area contributed by atoms with Crippen LogP contribution in [0.25, 0.3) is 0 Å². The summed E-state index contributed by atoms with van der Waals surface area (Å²) in [6.45, 7) is 0. The standard InChI is InChI=1S/C14H17F2N3S/c15-11-7-6-10(13(16)8-11)9-17-19-14(20)18-12-4-2-1-3-5-12/h6-9,12H,1-5H2,(H2,18,19,20)/b17-9-. The molecule has 1 aromatic rings. The smallest absolute Gasteiger partial charge is 0.187 e. The van der Waals surface area contributed by atoms with Gasteiger partial charge in [-0.05, 0) is 37.2 Å². The lowest BCUT2D eigenvalue weighted by Crippen LogP contribution is -2.40. The van der Waals surface area contributed by atoms with Gasteiger partial charge in [0.2, 0.25) is 0 Å². The third-order valence-electron chi connectivity index (χ3n) is 3.27. The zero-order valence-corrected chi connectivity index (χ0v) is 11.9. The van der Waals surface area contributed by atoms with Crippen LogP contribution in [0.3, 0.4) is 0 Å². The van der Waals surface area contributed by atoms with Crippen molar-refractivity contribution in [2.24, 2.45) is 5.10 Å². The first-order valence-electron chi connectivity index (χ1n) is 6.70. The lowest BCUT2D eigenvalue weighted by molar-refractivity contribution is 0.412. The SMILES string of the molecule is Fc1ccc(/C=N\NC(=S)NC2CCCCC2)c(F)c1. The molecule has 0 amide bonds. The summed E-state index contributed by atoms with van der Waals surface area (Å²) in [5.74, 6) is -1.26. The molecule has 1 aliphatic rings. The molecule has 0 unspecified atom stereocenters. The van der Waals surface area contributed by atoms with E-state index in [1.165, 1.54) is 37.6 Å². The van der Waals surface area contributed by atoms with Crippen LogP contribution in [-0.4, -0.2) is 17.4 Å². The van der Waals surface area contributed by atoms with Crippen molar-refractivity contribution >= 4 is 23.5 Å². The number of rotatable bonds is 3. The molecule has 1 saturated carbocycles. The molecule has 0 aromatic heterocycles. The van der Waals surface area contributed by atoms with Gasteiger partial charge >= 0.3 is 0 Å². The van der Waals surface area contributed by atoms with Crippen molar-refractivity contribution in [2.45, 2.75) is 38.1 Å². The highest BCUT2D eigenvalue weighted by Crippen LogP contribution is 2.17. The molecule has 0 atom stereocenters. The first kappa shape index (κ1) is 14.8. The summed E-state index contributed by atoms with van der Waals surface area (Å²) in [6, 6.07) is 3.72. The molecule has 1 aromatic carbocycles. The molecule has 108 valence electrons. The quantitative estimate of drug-likeness (QED) is 0.511. The highest BCUT2D eigenvalue weighted by Gasteiger charge is 2.13. The average Bonchev–Trinajstić information content (AvgIpc) is 2.42. The summed E-state index contributed by atoms with van der Waals surface area (Å²) in [7, 11) is 0. The maximum atomic E-state index is 13.3. The minimum Gasteiger partial charge on any atom is -0.359 e. The number of hydrazone groups is 1. The van der Waals surface area contributed by atoms with Gasteiger partial charge in [0.05, 0.1) is 6.21 Å². The Morgan fingerprint density at radius 2 is 2.00 bits per heavy atom. The van der Waals surface area contributed by atoms with Gasteiger partial charge in [0, 0.05) is 17.7 Å². The lowest BCUT2D eigenvalue weighted by atomic mass is 9.96. The number of benzene rings is 1. The molecule has 0 aliphatic heterocycles. The number of nitrogens with one attached hydrogen (secondary N) is 2. The Morgan fingerprint density at radius 1 is 1.25 bits per heavy atom. The second-order valence-electron chi connectivity index (χ2n) is 4.84. The zero-order valence-electron chi connectivity index (χ0n) is 11.0. The van der Waals surface area contributed by atoms with Crippen molar-refractivity contribution in [3.05, 3.63) is 35.4 Å². The van der Waals surface area contributed by atoms with Gasteiger partial charge in [0.15, 0.2) is 5.11 Å². The van der Waals surface area contributed by atoms with Crippen LogP contribution in [0.4, 0.5) is 8.78 Å². The van der Waals surface area contributed by atoms with E-state index in [2.05, 4.69) is 15.8 Å². The van der Waals surface area contributed by atoms with Crippen molar-refractivity contribution in [1.82, 2.24) is 10.7 Å². The van der Waals surface area contributed by atoms with Gasteiger partial charge < -0.3 is 5.32 Å². The molecule has 1 fully saturated rings. The van der Waals surface area contributed by atoms with Crippen LogP contribution in [0.1, 0.15) is 37.7 Å². The Morgan fingerprint density at radius 3 is 2.70 bits per heavy atom. The largest absolute Gasteiger partial charge is 0.359 e. The van der Waals surface area contributed by atoms with Gasteiger partial charge in [-0.25, -0.2) is 8.78 Å². The first-order chi connectivity index (χ1) is 9.65. The Labute approximate surface area is 122 Å². The summed E-state index contributed by atoms with van der Waals surface area (Å²) < 4.78 is 26.1. The summed E-state index contributed by atoms with van der Waals surface area (Å²) in [5, 5.41) is 7.46. The summed E-state index contributed by atoms with van der Waals surface area (Å²) >= 11 is 5.11. The van der Waals surface area contributed by atoms with Crippen LogP contribution >= 0.6 is 12.2 Å². The second-order valence-corrected chi connectivity index (χ2v) is 5.25. The molecule has 0 radical (unpaired) electrons. The maximum Gasteiger partial charge on any atom is 0.187 e. The second kappa shape index (κ2) is 7.28. The fourth-order valence-electron chi connectivity index (χ4n) is 2.23. The third-order valence-corrected chi connectivity index (χ3v) is 3.48. The number of hydrogen-bond acceptors (Lipinski definition) is 2. The minimum absolute atomic E-state index is 0.208. The van der Waals surface area contributed by atoms with Crippen LogP contribution in [0.5, 0.6) is 0 Å². The van der Waals surface area contributed by atoms with E-state index in [0.717, 1.165) is 18.9 Å². The molecule has 3 nitrogen and oxygen atoms in total. The fourth-order valence-corrected chi connectivity index (χ4v) is 2.45.